The Hall–Kier alpha value is -2.13. The zero-order valence-corrected chi connectivity index (χ0v) is 13.5. The smallest absolute Gasteiger partial charge is 0.234 e. The fourth-order valence-electron chi connectivity index (χ4n) is 2.49. The normalized spacial score (nSPS) is 12.2. The number of nitrogens with zero attached hydrogens (tertiary/aromatic N) is 1. The molecule has 3 nitrogen and oxygen atoms in total. The Balaban J connectivity index is 1.85. The van der Waals surface area contributed by atoms with Crippen molar-refractivity contribution in [1.29, 1.82) is 0 Å². The summed E-state index contributed by atoms with van der Waals surface area (Å²) in [4.78, 5) is 14.2. The van der Waals surface area contributed by atoms with Gasteiger partial charge in [-0.2, -0.15) is 0 Å². The SMILES string of the molecule is Cc1ccccc1CN(C)CC(=O)N[C@@H](C)c1ccccc1. The van der Waals surface area contributed by atoms with E-state index < -0.39 is 0 Å². The molecule has 1 amide bonds. The molecule has 0 radical (unpaired) electrons. The highest BCUT2D eigenvalue weighted by atomic mass is 16.2. The highest BCUT2D eigenvalue weighted by molar-refractivity contribution is 5.78. The van der Waals surface area contributed by atoms with Crippen LogP contribution in [0.4, 0.5) is 0 Å². The lowest BCUT2D eigenvalue weighted by atomic mass is 10.1. The van der Waals surface area contributed by atoms with Crippen LogP contribution in [0.1, 0.15) is 29.7 Å². The second-order valence-corrected chi connectivity index (χ2v) is 5.80. The highest BCUT2D eigenvalue weighted by Gasteiger charge is 2.12. The maximum absolute atomic E-state index is 12.2. The van der Waals surface area contributed by atoms with Crippen molar-refractivity contribution >= 4 is 5.91 Å². The number of carbonyl (C=O) groups excluding carboxylic acids is 1. The molecule has 0 aliphatic carbocycles. The van der Waals surface area contributed by atoms with Gasteiger partial charge in [0.25, 0.3) is 0 Å². The maximum atomic E-state index is 12.2. The first kappa shape index (κ1) is 16.2. The first-order valence-corrected chi connectivity index (χ1v) is 7.63. The van der Waals surface area contributed by atoms with Crippen LogP contribution in [-0.2, 0) is 11.3 Å². The van der Waals surface area contributed by atoms with Gasteiger partial charge in [0.2, 0.25) is 5.91 Å². The Morgan fingerprint density at radius 2 is 1.73 bits per heavy atom. The zero-order valence-electron chi connectivity index (χ0n) is 13.5. The molecule has 0 heterocycles. The van der Waals surface area contributed by atoms with Gasteiger partial charge in [-0.1, -0.05) is 54.6 Å². The molecular formula is C19H24N2O. The molecule has 0 bridgehead atoms. The van der Waals surface area contributed by atoms with E-state index in [9.17, 15) is 4.79 Å². The van der Waals surface area contributed by atoms with Gasteiger partial charge in [0.05, 0.1) is 12.6 Å². The van der Waals surface area contributed by atoms with E-state index in [1.165, 1.54) is 11.1 Å². The third-order valence-corrected chi connectivity index (χ3v) is 3.79. The first-order chi connectivity index (χ1) is 10.6. The molecule has 0 unspecified atom stereocenters. The summed E-state index contributed by atoms with van der Waals surface area (Å²) in [6, 6.07) is 18.3. The quantitative estimate of drug-likeness (QED) is 0.887. The van der Waals surface area contributed by atoms with Crippen LogP contribution in [0.15, 0.2) is 54.6 Å². The van der Waals surface area contributed by atoms with E-state index in [-0.39, 0.29) is 11.9 Å². The van der Waals surface area contributed by atoms with Gasteiger partial charge in [0, 0.05) is 6.54 Å². The molecule has 0 aliphatic rings. The molecule has 0 saturated heterocycles. The number of nitrogens with one attached hydrogen (secondary N) is 1. The number of likely N-dealkylation sites (N-methyl/N-ethyl adjacent to an activating group) is 1. The molecule has 0 spiro atoms. The summed E-state index contributed by atoms with van der Waals surface area (Å²) in [5.74, 6) is 0.0486. The molecule has 0 fully saturated rings. The molecule has 2 rings (SSSR count). The van der Waals surface area contributed by atoms with Crippen molar-refractivity contribution in [3.8, 4) is 0 Å². The predicted octanol–water partition coefficient (Wildman–Crippen LogP) is 3.30. The topological polar surface area (TPSA) is 32.3 Å². The van der Waals surface area contributed by atoms with Crippen molar-refractivity contribution < 1.29 is 4.79 Å². The summed E-state index contributed by atoms with van der Waals surface area (Å²) in [5, 5.41) is 3.05. The van der Waals surface area contributed by atoms with Gasteiger partial charge in [-0.3, -0.25) is 9.69 Å². The largest absolute Gasteiger partial charge is 0.348 e. The third kappa shape index (κ3) is 4.71. The molecule has 0 saturated carbocycles. The van der Waals surface area contributed by atoms with Crippen LogP contribution in [0.2, 0.25) is 0 Å². The van der Waals surface area contributed by atoms with Crippen LogP contribution in [0.3, 0.4) is 0 Å². The molecule has 1 N–H and O–H groups in total. The molecule has 1 atom stereocenters. The van der Waals surface area contributed by atoms with Crippen molar-refractivity contribution in [3.63, 3.8) is 0 Å². The summed E-state index contributed by atoms with van der Waals surface area (Å²) in [7, 11) is 1.97. The molecule has 3 heteroatoms. The van der Waals surface area contributed by atoms with Crippen molar-refractivity contribution in [2.24, 2.45) is 0 Å². The molecule has 2 aromatic carbocycles. The zero-order chi connectivity index (χ0) is 15.9. The fourth-order valence-corrected chi connectivity index (χ4v) is 2.49. The van der Waals surface area contributed by atoms with E-state index in [4.69, 9.17) is 0 Å². The van der Waals surface area contributed by atoms with E-state index in [1.807, 2.05) is 61.3 Å². The maximum Gasteiger partial charge on any atom is 0.234 e. The van der Waals surface area contributed by atoms with Gasteiger partial charge in [0.15, 0.2) is 0 Å². The summed E-state index contributed by atoms with van der Waals surface area (Å²) >= 11 is 0. The first-order valence-electron chi connectivity index (χ1n) is 7.63. The van der Waals surface area contributed by atoms with Crippen LogP contribution in [0.5, 0.6) is 0 Å². The van der Waals surface area contributed by atoms with Crippen LogP contribution in [-0.4, -0.2) is 24.4 Å². The van der Waals surface area contributed by atoms with Crippen molar-refractivity contribution in [2.45, 2.75) is 26.4 Å². The fraction of sp³-hybridized carbons (Fsp3) is 0.316. The average molecular weight is 296 g/mol. The van der Waals surface area contributed by atoms with Gasteiger partial charge < -0.3 is 5.32 Å². The van der Waals surface area contributed by atoms with E-state index in [2.05, 4.69) is 24.4 Å². The van der Waals surface area contributed by atoms with E-state index in [0.29, 0.717) is 6.54 Å². The molecule has 116 valence electrons. The van der Waals surface area contributed by atoms with Crippen LogP contribution in [0.25, 0.3) is 0 Å². The van der Waals surface area contributed by atoms with Gasteiger partial charge in [-0.15, -0.1) is 0 Å². The standard InChI is InChI=1S/C19H24N2O/c1-15-9-7-8-12-18(15)13-21(3)14-19(22)20-16(2)17-10-5-4-6-11-17/h4-12,16H,13-14H2,1-3H3,(H,20,22)/t16-/m0/s1. The van der Waals surface area contributed by atoms with E-state index in [0.717, 1.165) is 12.1 Å². The average Bonchev–Trinajstić information content (AvgIpc) is 2.50. The second kappa shape index (κ2) is 7.76. The van der Waals surface area contributed by atoms with Crippen LogP contribution in [0, 0.1) is 6.92 Å². The molecule has 0 aromatic heterocycles. The van der Waals surface area contributed by atoms with E-state index >= 15 is 0 Å². The predicted molar refractivity (Wildman–Crippen MR) is 90.5 cm³/mol. The Bertz CT molecular complexity index is 610. The lowest BCUT2D eigenvalue weighted by molar-refractivity contribution is -0.122. The van der Waals surface area contributed by atoms with Gasteiger partial charge in [0.1, 0.15) is 0 Å². The van der Waals surface area contributed by atoms with Gasteiger partial charge in [-0.25, -0.2) is 0 Å². The molecule has 2 aromatic rings. The van der Waals surface area contributed by atoms with Crippen molar-refractivity contribution in [2.75, 3.05) is 13.6 Å². The summed E-state index contributed by atoms with van der Waals surface area (Å²) in [6.07, 6.45) is 0. The number of benzene rings is 2. The summed E-state index contributed by atoms with van der Waals surface area (Å²) < 4.78 is 0. The van der Waals surface area contributed by atoms with E-state index in [1.54, 1.807) is 0 Å². The number of hydrogen-bond donors (Lipinski definition) is 1. The Morgan fingerprint density at radius 1 is 1.09 bits per heavy atom. The molecular weight excluding hydrogens is 272 g/mol. The number of hydrogen-bond acceptors (Lipinski definition) is 2. The minimum Gasteiger partial charge on any atom is -0.348 e. The lowest BCUT2D eigenvalue weighted by Crippen LogP contribution is -2.36. The van der Waals surface area contributed by atoms with Crippen molar-refractivity contribution in [1.82, 2.24) is 10.2 Å². The number of aryl methyl sites for hydroxylation is 1. The number of rotatable bonds is 6. The minimum atomic E-state index is 0.0283. The van der Waals surface area contributed by atoms with Gasteiger partial charge in [-0.05, 0) is 37.6 Å². The van der Waals surface area contributed by atoms with Crippen LogP contribution >= 0.6 is 0 Å². The molecule has 22 heavy (non-hydrogen) atoms. The third-order valence-electron chi connectivity index (χ3n) is 3.79. The minimum absolute atomic E-state index is 0.0283. The summed E-state index contributed by atoms with van der Waals surface area (Å²) in [6.45, 7) is 5.28. The van der Waals surface area contributed by atoms with Gasteiger partial charge >= 0.3 is 0 Å². The Kier molecular flexibility index (Phi) is 5.73. The lowest BCUT2D eigenvalue weighted by Gasteiger charge is -2.20. The second-order valence-electron chi connectivity index (χ2n) is 5.80. The summed E-state index contributed by atoms with van der Waals surface area (Å²) in [5.41, 5.74) is 3.64. The number of carbonyl (C=O) groups is 1. The molecule has 0 aliphatic heterocycles. The van der Waals surface area contributed by atoms with Crippen molar-refractivity contribution in [3.05, 3.63) is 71.3 Å². The number of amides is 1. The Labute approximate surface area is 133 Å². The monoisotopic (exact) mass is 296 g/mol. The van der Waals surface area contributed by atoms with Crippen LogP contribution < -0.4 is 5.32 Å². The Morgan fingerprint density at radius 3 is 2.41 bits per heavy atom. The highest BCUT2D eigenvalue weighted by Crippen LogP contribution is 2.12.